The molecule has 10 heteroatoms. The number of hydrogen-bond acceptors (Lipinski definition) is 6. The summed E-state index contributed by atoms with van der Waals surface area (Å²) in [5, 5.41) is 24.7. The van der Waals surface area contributed by atoms with Gasteiger partial charge in [-0.1, -0.05) is 159 Å². The first-order valence-electron chi connectivity index (χ1n) is 24.1. The van der Waals surface area contributed by atoms with E-state index in [0.717, 1.165) is 57.8 Å². The number of amides is 1. The molecule has 0 aliphatic carbocycles. The molecule has 0 aliphatic rings. The van der Waals surface area contributed by atoms with E-state index in [0.29, 0.717) is 23.9 Å². The van der Waals surface area contributed by atoms with Crippen LogP contribution in [-0.2, 0) is 18.4 Å². The Hall–Kier alpha value is -1.58. The molecule has 4 unspecified atom stereocenters. The highest BCUT2D eigenvalue weighted by Crippen LogP contribution is 2.43. The van der Waals surface area contributed by atoms with E-state index in [1.54, 1.807) is 0 Å². The Morgan fingerprint density at radius 1 is 0.593 bits per heavy atom. The summed E-state index contributed by atoms with van der Waals surface area (Å²) >= 11 is 0. The van der Waals surface area contributed by atoms with Gasteiger partial charge in [0.15, 0.2) is 0 Å². The molecule has 9 nitrogen and oxygen atoms in total. The second kappa shape index (κ2) is 40.5. The highest BCUT2D eigenvalue weighted by molar-refractivity contribution is 7.47. The third kappa shape index (κ3) is 41.5. The summed E-state index contributed by atoms with van der Waals surface area (Å²) in [7, 11) is 1.40. The maximum absolute atomic E-state index is 12.9. The van der Waals surface area contributed by atoms with Crippen molar-refractivity contribution in [1.82, 2.24) is 5.32 Å². The fourth-order valence-electron chi connectivity index (χ4n) is 6.72. The van der Waals surface area contributed by atoms with E-state index in [1.807, 2.05) is 21.1 Å². The molecular weight excluding hydrogens is 760 g/mol. The molecule has 0 spiro atoms. The Labute approximate surface area is 363 Å². The lowest BCUT2D eigenvalue weighted by molar-refractivity contribution is -0.870. The minimum absolute atomic E-state index is 0.0121. The van der Waals surface area contributed by atoms with E-state index < -0.39 is 32.7 Å². The monoisotopic (exact) mass is 854 g/mol. The van der Waals surface area contributed by atoms with Gasteiger partial charge >= 0.3 is 7.82 Å². The number of allylic oxidation sites excluding steroid dienone is 8. The number of carbonyl (C=O) groups is 1. The standard InChI is InChI=1S/C49H93N2O7P/c1-6-8-10-12-14-16-18-20-21-22-23-24-25-26-27-28-29-30-32-34-36-38-40-42-48(53)50-46(45-58-59(55,56)57-44-43-51(3,4)5)49(54)47(52)41-39-37-35-33-31-19-17-15-13-11-9-7-2/h15,17-18,20,22-23,33,35,46-47,49,52,54H,6-14,16,19,21,24-32,34,36-45H2,1-5H3,(H-,50,53,55,56)/p+1/b17-15+,20-18-,23-22-,35-33+. The van der Waals surface area contributed by atoms with Crippen molar-refractivity contribution < 1.29 is 38.0 Å². The van der Waals surface area contributed by atoms with Gasteiger partial charge in [0, 0.05) is 6.42 Å². The lowest BCUT2D eigenvalue weighted by atomic mass is 10.0. The Morgan fingerprint density at radius 3 is 1.54 bits per heavy atom. The molecule has 0 aliphatic heterocycles. The van der Waals surface area contributed by atoms with Crippen molar-refractivity contribution in [3.63, 3.8) is 0 Å². The van der Waals surface area contributed by atoms with Crippen molar-refractivity contribution in [1.29, 1.82) is 0 Å². The predicted octanol–water partition coefficient (Wildman–Crippen LogP) is 12.6. The average Bonchev–Trinajstić information content (AvgIpc) is 3.19. The molecule has 4 N–H and O–H groups in total. The van der Waals surface area contributed by atoms with Crippen LogP contribution < -0.4 is 5.32 Å². The first-order valence-corrected chi connectivity index (χ1v) is 25.6. The maximum Gasteiger partial charge on any atom is 0.472 e. The van der Waals surface area contributed by atoms with Crippen LogP contribution >= 0.6 is 7.82 Å². The van der Waals surface area contributed by atoms with Crippen LogP contribution in [0.3, 0.4) is 0 Å². The minimum Gasteiger partial charge on any atom is -0.390 e. The summed E-state index contributed by atoms with van der Waals surface area (Å²) in [6, 6.07) is -1.06. The molecule has 0 fully saturated rings. The second-order valence-electron chi connectivity index (χ2n) is 17.6. The van der Waals surface area contributed by atoms with E-state index >= 15 is 0 Å². The maximum atomic E-state index is 12.9. The molecule has 0 aromatic rings. The van der Waals surface area contributed by atoms with Gasteiger partial charge in [0.05, 0.1) is 39.9 Å². The van der Waals surface area contributed by atoms with Crippen molar-refractivity contribution in [2.75, 3.05) is 40.9 Å². The summed E-state index contributed by atoms with van der Waals surface area (Å²) in [6.45, 7) is 4.53. The highest BCUT2D eigenvalue weighted by Gasteiger charge is 2.31. The fraction of sp³-hybridized carbons (Fsp3) is 0.816. The van der Waals surface area contributed by atoms with Crippen molar-refractivity contribution in [3.05, 3.63) is 48.6 Å². The minimum atomic E-state index is -4.43. The number of hydrogen-bond donors (Lipinski definition) is 4. The number of carbonyl (C=O) groups excluding carboxylic acids is 1. The zero-order valence-electron chi connectivity index (χ0n) is 38.8. The molecule has 0 saturated carbocycles. The van der Waals surface area contributed by atoms with Gasteiger partial charge in [-0.3, -0.25) is 13.8 Å². The number of nitrogens with zero attached hydrogens (tertiary/aromatic N) is 1. The lowest BCUT2D eigenvalue weighted by Crippen LogP contribution is -2.51. The van der Waals surface area contributed by atoms with Gasteiger partial charge < -0.3 is 24.9 Å². The van der Waals surface area contributed by atoms with Crippen LogP contribution in [0.25, 0.3) is 0 Å². The molecule has 0 aromatic carbocycles. The fourth-order valence-corrected chi connectivity index (χ4v) is 7.45. The SMILES string of the molecule is CCCCC/C=C/CC/C=C/CCCC(O)C(O)C(COP(=O)(O)OCC[N+](C)(C)C)NC(=O)CCCCCCCCCCCCC/C=C\C/C=C\CCCCCCC. The molecule has 346 valence electrons. The van der Waals surface area contributed by atoms with Crippen LogP contribution in [-0.4, -0.2) is 84.6 Å². The van der Waals surface area contributed by atoms with E-state index in [9.17, 15) is 24.5 Å². The van der Waals surface area contributed by atoms with Gasteiger partial charge in [-0.25, -0.2) is 4.57 Å². The van der Waals surface area contributed by atoms with E-state index in [1.165, 1.54) is 109 Å². The molecule has 59 heavy (non-hydrogen) atoms. The van der Waals surface area contributed by atoms with Gasteiger partial charge in [0.25, 0.3) is 0 Å². The van der Waals surface area contributed by atoms with Crippen LogP contribution in [0.5, 0.6) is 0 Å². The summed E-state index contributed by atoms with van der Waals surface area (Å²) in [6.07, 6.45) is 47.5. The molecule has 1 amide bonds. The predicted molar refractivity (Wildman–Crippen MR) is 250 cm³/mol. The van der Waals surface area contributed by atoms with Gasteiger partial charge in [0.1, 0.15) is 19.3 Å². The Morgan fingerprint density at radius 2 is 1.02 bits per heavy atom. The Balaban J connectivity index is 4.39. The number of aliphatic hydroxyl groups excluding tert-OH is 2. The summed E-state index contributed by atoms with van der Waals surface area (Å²) in [5.74, 6) is -0.276. The number of aliphatic hydroxyl groups is 2. The second-order valence-corrected chi connectivity index (χ2v) is 19.1. The molecule has 0 aromatic heterocycles. The quantitative estimate of drug-likeness (QED) is 0.0208. The largest absolute Gasteiger partial charge is 0.472 e. The van der Waals surface area contributed by atoms with Crippen LogP contribution in [0.15, 0.2) is 48.6 Å². The number of nitrogens with one attached hydrogen (secondary N) is 1. The molecular formula is C49H94N2O7P+. The molecule has 0 bridgehead atoms. The van der Waals surface area contributed by atoms with E-state index in [-0.39, 0.29) is 18.9 Å². The van der Waals surface area contributed by atoms with Crippen molar-refractivity contribution >= 4 is 13.7 Å². The first kappa shape index (κ1) is 57.4. The van der Waals surface area contributed by atoms with Crippen LogP contribution in [0.1, 0.15) is 200 Å². The van der Waals surface area contributed by atoms with Crippen LogP contribution in [0.4, 0.5) is 0 Å². The van der Waals surface area contributed by atoms with Gasteiger partial charge in [-0.2, -0.15) is 0 Å². The zero-order chi connectivity index (χ0) is 43.7. The normalized spacial score (nSPS) is 15.2. The molecule has 0 saturated heterocycles. The Bertz CT molecular complexity index is 1120. The average molecular weight is 854 g/mol. The first-order chi connectivity index (χ1) is 28.4. The summed E-state index contributed by atoms with van der Waals surface area (Å²) < 4.78 is 23.5. The molecule has 0 heterocycles. The number of quaternary nitrogens is 1. The third-order valence-corrected chi connectivity index (χ3v) is 11.6. The van der Waals surface area contributed by atoms with Crippen molar-refractivity contribution in [2.45, 2.75) is 218 Å². The number of phosphoric ester groups is 1. The number of unbranched alkanes of at least 4 members (excludes halogenated alkanes) is 21. The topological polar surface area (TPSA) is 125 Å². The number of likely N-dealkylation sites (N-methyl/N-ethyl adjacent to an activating group) is 1. The van der Waals surface area contributed by atoms with Crippen LogP contribution in [0, 0.1) is 0 Å². The van der Waals surface area contributed by atoms with Gasteiger partial charge in [0.2, 0.25) is 5.91 Å². The lowest BCUT2D eigenvalue weighted by Gasteiger charge is -2.28. The Kier molecular flexibility index (Phi) is 39.4. The van der Waals surface area contributed by atoms with Crippen molar-refractivity contribution in [2.24, 2.45) is 0 Å². The third-order valence-electron chi connectivity index (χ3n) is 10.6. The smallest absolute Gasteiger partial charge is 0.390 e. The summed E-state index contributed by atoms with van der Waals surface area (Å²) in [4.78, 5) is 23.2. The van der Waals surface area contributed by atoms with Gasteiger partial charge in [-0.15, -0.1) is 0 Å². The molecule has 0 radical (unpaired) electrons. The summed E-state index contributed by atoms with van der Waals surface area (Å²) in [5.41, 5.74) is 0. The van der Waals surface area contributed by atoms with E-state index in [4.69, 9.17) is 9.05 Å². The number of phosphoric acid groups is 1. The van der Waals surface area contributed by atoms with E-state index in [2.05, 4.69) is 67.8 Å². The highest BCUT2D eigenvalue weighted by atomic mass is 31.2. The molecule has 4 atom stereocenters. The molecule has 0 rings (SSSR count). The van der Waals surface area contributed by atoms with Crippen molar-refractivity contribution in [3.8, 4) is 0 Å². The zero-order valence-corrected chi connectivity index (χ0v) is 39.7. The number of rotatable bonds is 43. The van der Waals surface area contributed by atoms with Gasteiger partial charge in [-0.05, 0) is 83.5 Å². The van der Waals surface area contributed by atoms with Crippen LogP contribution in [0.2, 0.25) is 0 Å².